The number of hydrogen-bond donors (Lipinski definition) is 2. The highest BCUT2D eigenvalue weighted by Gasteiger charge is 1.97. The van der Waals surface area contributed by atoms with E-state index in [2.05, 4.69) is 15.6 Å². The summed E-state index contributed by atoms with van der Waals surface area (Å²) in [6, 6.07) is 9.91. The monoisotopic (exact) mass is 421 g/mol. The van der Waals surface area contributed by atoms with Gasteiger partial charge in [0.1, 0.15) is 5.75 Å². The standard InChI is InChI=1S/C16H27N3O2.HI/c1-17-16(19-12-8-13-20-2)18-11-6-7-14-21-15-9-4-3-5-10-15;/h3-5,9-10H,6-8,11-14H2,1-2H3,(H2,17,18,19);1H. The summed E-state index contributed by atoms with van der Waals surface area (Å²) in [5, 5.41) is 6.54. The first-order valence-corrected chi connectivity index (χ1v) is 7.48. The van der Waals surface area contributed by atoms with Crippen LogP contribution >= 0.6 is 24.0 Å². The summed E-state index contributed by atoms with van der Waals surface area (Å²) in [6.45, 7) is 3.26. The maximum absolute atomic E-state index is 5.64. The van der Waals surface area contributed by atoms with Gasteiger partial charge in [-0.1, -0.05) is 18.2 Å². The lowest BCUT2D eigenvalue weighted by atomic mass is 10.3. The van der Waals surface area contributed by atoms with Gasteiger partial charge >= 0.3 is 0 Å². The largest absolute Gasteiger partial charge is 0.494 e. The van der Waals surface area contributed by atoms with Crippen molar-refractivity contribution < 1.29 is 9.47 Å². The van der Waals surface area contributed by atoms with E-state index in [0.717, 1.165) is 57.3 Å². The maximum atomic E-state index is 5.64. The first-order valence-electron chi connectivity index (χ1n) is 7.48. The number of ether oxygens (including phenoxy) is 2. The summed E-state index contributed by atoms with van der Waals surface area (Å²) in [5.74, 6) is 1.77. The molecule has 6 heteroatoms. The third kappa shape index (κ3) is 10.7. The van der Waals surface area contributed by atoms with Gasteiger partial charge in [-0.2, -0.15) is 0 Å². The normalized spacial score (nSPS) is 10.7. The molecular formula is C16H28IN3O2. The van der Waals surface area contributed by atoms with Crippen molar-refractivity contribution in [3.63, 3.8) is 0 Å². The van der Waals surface area contributed by atoms with E-state index in [1.165, 1.54) is 0 Å². The van der Waals surface area contributed by atoms with E-state index >= 15 is 0 Å². The fourth-order valence-electron chi connectivity index (χ4n) is 1.78. The Morgan fingerprint density at radius 1 is 1.00 bits per heavy atom. The first kappa shape index (κ1) is 21.0. The molecule has 0 amide bonds. The van der Waals surface area contributed by atoms with Gasteiger partial charge in [-0.25, -0.2) is 0 Å². The van der Waals surface area contributed by atoms with Crippen LogP contribution in [0.4, 0.5) is 0 Å². The highest BCUT2D eigenvalue weighted by molar-refractivity contribution is 14.0. The quantitative estimate of drug-likeness (QED) is 0.264. The number of para-hydroxylation sites is 1. The van der Waals surface area contributed by atoms with Crippen LogP contribution in [-0.4, -0.2) is 46.4 Å². The number of unbranched alkanes of at least 4 members (excludes halogenated alkanes) is 1. The Kier molecular flexibility index (Phi) is 14.2. The molecule has 22 heavy (non-hydrogen) atoms. The van der Waals surface area contributed by atoms with E-state index in [4.69, 9.17) is 9.47 Å². The lowest BCUT2D eigenvalue weighted by molar-refractivity contribution is 0.195. The number of aliphatic imine (C=N–C) groups is 1. The minimum atomic E-state index is 0. The molecule has 1 aromatic rings. The van der Waals surface area contributed by atoms with E-state index in [9.17, 15) is 0 Å². The van der Waals surface area contributed by atoms with Crippen molar-refractivity contribution in [1.82, 2.24) is 10.6 Å². The molecule has 0 aliphatic carbocycles. The maximum Gasteiger partial charge on any atom is 0.190 e. The van der Waals surface area contributed by atoms with Gasteiger partial charge < -0.3 is 20.1 Å². The van der Waals surface area contributed by atoms with Gasteiger partial charge in [0, 0.05) is 33.9 Å². The molecule has 1 rings (SSSR count). The number of benzene rings is 1. The number of hydrogen-bond acceptors (Lipinski definition) is 3. The average molecular weight is 421 g/mol. The highest BCUT2D eigenvalue weighted by atomic mass is 127. The fourth-order valence-corrected chi connectivity index (χ4v) is 1.78. The van der Waals surface area contributed by atoms with Crippen LogP contribution in [0.2, 0.25) is 0 Å². The molecule has 0 saturated carbocycles. The summed E-state index contributed by atoms with van der Waals surface area (Å²) < 4.78 is 10.6. The lowest BCUT2D eigenvalue weighted by Gasteiger charge is -2.11. The third-order valence-electron chi connectivity index (χ3n) is 2.92. The summed E-state index contributed by atoms with van der Waals surface area (Å²) in [7, 11) is 3.49. The second-order valence-corrected chi connectivity index (χ2v) is 4.64. The lowest BCUT2D eigenvalue weighted by Crippen LogP contribution is -2.38. The Hall–Kier alpha value is -1.02. The predicted octanol–water partition coefficient (Wildman–Crippen LogP) is 2.67. The van der Waals surface area contributed by atoms with E-state index < -0.39 is 0 Å². The molecule has 0 aromatic heterocycles. The summed E-state index contributed by atoms with van der Waals surface area (Å²) in [6.07, 6.45) is 3.04. The van der Waals surface area contributed by atoms with E-state index in [0.29, 0.717) is 0 Å². The van der Waals surface area contributed by atoms with Gasteiger partial charge in [-0.3, -0.25) is 4.99 Å². The number of nitrogens with one attached hydrogen (secondary N) is 2. The molecular weight excluding hydrogens is 393 g/mol. The number of rotatable bonds is 10. The van der Waals surface area contributed by atoms with Crippen molar-refractivity contribution in [2.24, 2.45) is 4.99 Å². The Bertz CT molecular complexity index is 388. The molecule has 0 bridgehead atoms. The zero-order valence-corrected chi connectivity index (χ0v) is 15.8. The molecule has 2 N–H and O–H groups in total. The van der Waals surface area contributed by atoms with Crippen molar-refractivity contribution in [3.05, 3.63) is 30.3 Å². The smallest absolute Gasteiger partial charge is 0.190 e. The van der Waals surface area contributed by atoms with Crippen molar-refractivity contribution in [1.29, 1.82) is 0 Å². The van der Waals surface area contributed by atoms with Gasteiger partial charge in [-0.15, -0.1) is 24.0 Å². The molecule has 0 aliphatic rings. The average Bonchev–Trinajstić information content (AvgIpc) is 2.53. The first-order chi connectivity index (χ1) is 10.4. The van der Waals surface area contributed by atoms with Gasteiger partial charge in [0.15, 0.2) is 5.96 Å². The number of halogens is 1. The van der Waals surface area contributed by atoms with Crippen LogP contribution < -0.4 is 15.4 Å². The minimum absolute atomic E-state index is 0. The molecule has 0 saturated heterocycles. The zero-order chi connectivity index (χ0) is 15.2. The molecule has 0 heterocycles. The minimum Gasteiger partial charge on any atom is -0.494 e. The highest BCUT2D eigenvalue weighted by Crippen LogP contribution is 2.08. The Balaban J connectivity index is 0.00000441. The van der Waals surface area contributed by atoms with Crippen LogP contribution in [0.1, 0.15) is 19.3 Å². The van der Waals surface area contributed by atoms with E-state index in [1.54, 1.807) is 14.2 Å². The molecule has 0 spiro atoms. The van der Waals surface area contributed by atoms with Crippen molar-refractivity contribution in [2.75, 3.05) is 40.5 Å². The van der Waals surface area contributed by atoms with E-state index in [-0.39, 0.29) is 24.0 Å². The number of methoxy groups -OCH3 is 1. The van der Waals surface area contributed by atoms with Gasteiger partial charge in [0.05, 0.1) is 6.61 Å². The van der Waals surface area contributed by atoms with Crippen LogP contribution in [0, 0.1) is 0 Å². The van der Waals surface area contributed by atoms with Crippen LogP contribution in [0.15, 0.2) is 35.3 Å². The second-order valence-electron chi connectivity index (χ2n) is 4.64. The summed E-state index contributed by atoms with van der Waals surface area (Å²) >= 11 is 0. The molecule has 0 unspecified atom stereocenters. The Labute approximate surface area is 150 Å². The third-order valence-corrected chi connectivity index (χ3v) is 2.92. The van der Waals surface area contributed by atoms with Crippen LogP contribution in [0.5, 0.6) is 5.75 Å². The van der Waals surface area contributed by atoms with Gasteiger partial charge in [-0.05, 0) is 31.4 Å². The van der Waals surface area contributed by atoms with Gasteiger partial charge in [0.2, 0.25) is 0 Å². The van der Waals surface area contributed by atoms with Crippen LogP contribution in [-0.2, 0) is 4.74 Å². The molecule has 1 aromatic carbocycles. The van der Waals surface area contributed by atoms with E-state index in [1.807, 2.05) is 30.3 Å². The number of guanidine groups is 1. The van der Waals surface area contributed by atoms with Crippen LogP contribution in [0.25, 0.3) is 0 Å². The number of nitrogens with zero attached hydrogens (tertiary/aromatic N) is 1. The van der Waals surface area contributed by atoms with Crippen molar-refractivity contribution in [3.8, 4) is 5.75 Å². The predicted molar refractivity (Wildman–Crippen MR) is 102 cm³/mol. The molecule has 0 radical (unpaired) electrons. The second kappa shape index (κ2) is 14.9. The van der Waals surface area contributed by atoms with Crippen molar-refractivity contribution in [2.45, 2.75) is 19.3 Å². The summed E-state index contributed by atoms with van der Waals surface area (Å²) in [4.78, 5) is 4.17. The topological polar surface area (TPSA) is 54.9 Å². The summed E-state index contributed by atoms with van der Waals surface area (Å²) in [5.41, 5.74) is 0. The molecule has 0 fully saturated rings. The molecule has 126 valence electrons. The molecule has 0 aliphatic heterocycles. The van der Waals surface area contributed by atoms with Gasteiger partial charge in [0.25, 0.3) is 0 Å². The van der Waals surface area contributed by atoms with Crippen molar-refractivity contribution >= 4 is 29.9 Å². The SMILES string of the molecule is CN=C(NCCCCOc1ccccc1)NCCCOC.I. The zero-order valence-electron chi connectivity index (χ0n) is 13.5. The molecule has 5 nitrogen and oxygen atoms in total. The van der Waals surface area contributed by atoms with Crippen LogP contribution in [0.3, 0.4) is 0 Å². The fraction of sp³-hybridized carbons (Fsp3) is 0.562. The Morgan fingerprint density at radius 3 is 2.32 bits per heavy atom. The Morgan fingerprint density at radius 2 is 1.68 bits per heavy atom. The molecule has 0 atom stereocenters.